The Labute approximate surface area is 81.5 Å². The van der Waals surface area contributed by atoms with Crippen LogP contribution in [-0.2, 0) is 0 Å². The Morgan fingerprint density at radius 3 is 2.38 bits per heavy atom. The van der Waals surface area contributed by atoms with Gasteiger partial charge in [0.25, 0.3) is 0 Å². The van der Waals surface area contributed by atoms with Gasteiger partial charge < -0.3 is 10.6 Å². The van der Waals surface area contributed by atoms with Crippen molar-refractivity contribution in [2.75, 3.05) is 13.1 Å². The molecule has 2 N–H and O–H groups in total. The maximum atomic E-state index is 3.68. The second kappa shape index (κ2) is 4.43. The third kappa shape index (κ3) is 2.44. The summed E-state index contributed by atoms with van der Waals surface area (Å²) in [5.41, 5.74) is 0. The number of rotatable bonds is 1. The van der Waals surface area contributed by atoms with E-state index in [0.717, 1.165) is 18.0 Å². The zero-order valence-corrected chi connectivity index (χ0v) is 8.68. The van der Waals surface area contributed by atoms with Gasteiger partial charge in [0, 0.05) is 12.1 Å². The predicted molar refractivity (Wildman–Crippen MR) is 55.8 cm³/mol. The van der Waals surface area contributed by atoms with E-state index in [-0.39, 0.29) is 0 Å². The summed E-state index contributed by atoms with van der Waals surface area (Å²) >= 11 is 0. The largest absolute Gasteiger partial charge is 0.312 e. The van der Waals surface area contributed by atoms with Crippen molar-refractivity contribution in [2.24, 2.45) is 5.92 Å². The molecule has 0 amide bonds. The fourth-order valence-electron chi connectivity index (χ4n) is 2.59. The van der Waals surface area contributed by atoms with Crippen molar-refractivity contribution in [3.8, 4) is 0 Å². The third-order valence-corrected chi connectivity index (χ3v) is 3.53. The maximum absolute atomic E-state index is 3.68. The molecule has 13 heavy (non-hydrogen) atoms. The van der Waals surface area contributed by atoms with Gasteiger partial charge >= 0.3 is 0 Å². The van der Waals surface area contributed by atoms with Crippen molar-refractivity contribution in [1.82, 2.24) is 10.6 Å². The Morgan fingerprint density at radius 1 is 0.923 bits per heavy atom. The Hall–Kier alpha value is -0.0800. The van der Waals surface area contributed by atoms with Crippen molar-refractivity contribution in [3.63, 3.8) is 0 Å². The van der Waals surface area contributed by atoms with E-state index >= 15 is 0 Å². The number of piperidine rings is 2. The van der Waals surface area contributed by atoms with Gasteiger partial charge in [-0.05, 0) is 44.7 Å². The third-order valence-electron chi connectivity index (χ3n) is 3.53. The van der Waals surface area contributed by atoms with Crippen LogP contribution in [0.15, 0.2) is 0 Å². The van der Waals surface area contributed by atoms with E-state index in [1.807, 2.05) is 0 Å². The standard InChI is InChI=1S/C11H22N2/c1-9-5-6-11(13-8-9)10-4-2-3-7-12-10/h9-13H,2-8H2,1H3. The van der Waals surface area contributed by atoms with Gasteiger partial charge in [0.1, 0.15) is 0 Å². The first kappa shape index (κ1) is 9.47. The minimum absolute atomic E-state index is 0.761. The van der Waals surface area contributed by atoms with E-state index in [9.17, 15) is 0 Å². The van der Waals surface area contributed by atoms with E-state index in [1.165, 1.54) is 45.2 Å². The molecule has 0 spiro atoms. The summed E-state index contributed by atoms with van der Waals surface area (Å²) in [5.74, 6) is 0.889. The number of nitrogens with one attached hydrogen (secondary N) is 2. The van der Waals surface area contributed by atoms with Gasteiger partial charge in [0.05, 0.1) is 0 Å². The van der Waals surface area contributed by atoms with Gasteiger partial charge in [-0.1, -0.05) is 13.3 Å². The Morgan fingerprint density at radius 2 is 1.77 bits per heavy atom. The molecule has 0 saturated carbocycles. The van der Waals surface area contributed by atoms with E-state index in [2.05, 4.69) is 17.6 Å². The molecule has 2 heterocycles. The highest BCUT2D eigenvalue weighted by Crippen LogP contribution is 2.19. The topological polar surface area (TPSA) is 24.1 Å². The van der Waals surface area contributed by atoms with Crippen LogP contribution in [0.5, 0.6) is 0 Å². The zero-order chi connectivity index (χ0) is 9.10. The molecule has 0 aromatic heterocycles. The number of hydrogen-bond donors (Lipinski definition) is 2. The van der Waals surface area contributed by atoms with Gasteiger partial charge in [-0.15, -0.1) is 0 Å². The fourth-order valence-corrected chi connectivity index (χ4v) is 2.59. The lowest BCUT2D eigenvalue weighted by Crippen LogP contribution is -2.53. The van der Waals surface area contributed by atoms with Crippen LogP contribution in [0.25, 0.3) is 0 Å². The molecule has 2 nitrogen and oxygen atoms in total. The minimum atomic E-state index is 0.761. The van der Waals surface area contributed by atoms with E-state index in [4.69, 9.17) is 0 Å². The molecule has 76 valence electrons. The SMILES string of the molecule is CC1CCC(C2CCCCN2)NC1. The average molecular weight is 182 g/mol. The van der Waals surface area contributed by atoms with Gasteiger partial charge in [0.15, 0.2) is 0 Å². The van der Waals surface area contributed by atoms with Crippen LogP contribution in [0.4, 0.5) is 0 Å². The first-order chi connectivity index (χ1) is 6.36. The summed E-state index contributed by atoms with van der Waals surface area (Å²) < 4.78 is 0. The van der Waals surface area contributed by atoms with Gasteiger partial charge in [-0.2, -0.15) is 0 Å². The first-order valence-electron chi connectivity index (χ1n) is 5.83. The van der Waals surface area contributed by atoms with Crippen LogP contribution in [-0.4, -0.2) is 25.2 Å². The van der Waals surface area contributed by atoms with Crippen LogP contribution in [0.2, 0.25) is 0 Å². The predicted octanol–water partition coefficient (Wildman–Crippen LogP) is 1.52. The van der Waals surface area contributed by atoms with Crippen LogP contribution in [0.3, 0.4) is 0 Å². The minimum Gasteiger partial charge on any atom is -0.312 e. The van der Waals surface area contributed by atoms with Crippen LogP contribution >= 0.6 is 0 Å². The maximum Gasteiger partial charge on any atom is 0.0221 e. The molecule has 0 aromatic rings. The van der Waals surface area contributed by atoms with Gasteiger partial charge in [0.2, 0.25) is 0 Å². The molecule has 2 saturated heterocycles. The second-order valence-electron chi connectivity index (χ2n) is 4.75. The normalized spacial score (nSPS) is 41.8. The molecule has 0 aromatic carbocycles. The molecule has 3 unspecified atom stereocenters. The van der Waals surface area contributed by atoms with Crippen molar-refractivity contribution < 1.29 is 0 Å². The summed E-state index contributed by atoms with van der Waals surface area (Å²) in [7, 11) is 0. The molecular weight excluding hydrogens is 160 g/mol. The molecule has 3 atom stereocenters. The van der Waals surface area contributed by atoms with Gasteiger partial charge in [-0.3, -0.25) is 0 Å². The molecule has 0 aliphatic carbocycles. The zero-order valence-electron chi connectivity index (χ0n) is 8.68. The van der Waals surface area contributed by atoms with E-state index in [0.29, 0.717) is 0 Å². The molecule has 2 aliphatic heterocycles. The summed E-state index contributed by atoms with van der Waals surface area (Å²) in [4.78, 5) is 0. The Kier molecular flexibility index (Phi) is 3.23. The monoisotopic (exact) mass is 182 g/mol. The highest BCUT2D eigenvalue weighted by molar-refractivity contribution is 4.88. The summed E-state index contributed by atoms with van der Waals surface area (Å²) in [6.07, 6.45) is 6.96. The van der Waals surface area contributed by atoms with E-state index < -0.39 is 0 Å². The highest BCUT2D eigenvalue weighted by Gasteiger charge is 2.26. The van der Waals surface area contributed by atoms with Gasteiger partial charge in [-0.25, -0.2) is 0 Å². The molecule has 0 radical (unpaired) electrons. The summed E-state index contributed by atoms with van der Waals surface area (Å²) in [5, 5.41) is 7.32. The quantitative estimate of drug-likeness (QED) is 0.642. The summed E-state index contributed by atoms with van der Waals surface area (Å²) in [6.45, 7) is 4.80. The second-order valence-corrected chi connectivity index (χ2v) is 4.75. The van der Waals surface area contributed by atoms with Crippen molar-refractivity contribution in [3.05, 3.63) is 0 Å². The van der Waals surface area contributed by atoms with Crippen LogP contribution < -0.4 is 10.6 Å². The van der Waals surface area contributed by atoms with Crippen LogP contribution in [0, 0.1) is 5.92 Å². The molecule has 0 bridgehead atoms. The molecule has 2 fully saturated rings. The Balaban J connectivity index is 1.79. The van der Waals surface area contributed by atoms with Crippen molar-refractivity contribution >= 4 is 0 Å². The van der Waals surface area contributed by atoms with Crippen LogP contribution in [0.1, 0.15) is 39.0 Å². The molecular formula is C11H22N2. The van der Waals surface area contributed by atoms with Crippen molar-refractivity contribution in [2.45, 2.75) is 51.1 Å². The Bertz CT molecular complexity index is 144. The molecule has 2 aliphatic rings. The lowest BCUT2D eigenvalue weighted by atomic mass is 9.88. The lowest BCUT2D eigenvalue weighted by molar-refractivity contribution is 0.243. The molecule has 2 rings (SSSR count). The van der Waals surface area contributed by atoms with Crippen molar-refractivity contribution in [1.29, 1.82) is 0 Å². The smallest absolute Gasteiger partial charge is 0.0221 e. The highest BCUT2D eigenvalue weighted by atomic mass is 15.0. The molecule has 2 heteroatoms. The van der Waals surface area contributed by atoms with E-state index in [1.54, 1.807) is 0 Å². The number of hydrogen-bond acceptors (Lipinski definition) is 2. The fraction of sp³-hybridized carbons (Fsp3) is 1.00. The summed E-state index contributed by atoms with van der Waals surface area (Å²) in [6, 6.07) is 1.53. The average Bonchev–Trinajstić information content (AvgIpc) is 2.20. The lowest BCUT2D eigenvalue weighted by Gasteiger charge is -2.36. The first-order valence-corrected chi connectivity index (χ1v) is 5.83.